The van der Waals surface area contributed by atoms with Crippen LogP contribution in [-0.2, 0) is 6.18 Å². The Hall–Kier alpha value is -1.14. The van der Waals surface area contributed by atoms with Gasteiger partial charge in [-0.2, -0.15) is 13.2 Å². The maximum Gasteiger partial charge on any atom is 0.417 e. The topological polar surface area (TPSA) is 17.1 Å². The van der Waals surface area contributed by atoms with Crippen molar-refractivity contribution in [2.45, 2.75) is 6.18 Å². The van der Waals surface area contributed by atoms with E-state index in [1.807, 2.05) is 0 Å². The number of alkyl halides is 3. The molecule has 0 saturated carbocycles. The van der Waals surface area contributed by atoms with Crippen LogP contribution in [0, 0.1) is 0 Å². The predicted octanol–water partition coefficient (Wildman–Crippen LogP) is 5.46. The Morgan fingerprint density at radius 3 is 2.05 bits per heavy atom. The Labute approximate surface area is 130 Å². The number of carbonyl (C=O) groups is 1. The Morgan fingerprint density at radius 2 is 1.50 bits per heavy atom. The Kier molecular flexibility index (Phi) is 4.34. The van der Waals surface area contributed by atoms with Gasteiger partial charge in [0.1, 0.15) is 0 Å². The summed E-state index contributed by atoms with van der Waals surface area (Å²) >= 11 is 6.41. The highest BCUT2D eigenvalue weighted by atomic mass is 79.9. The smallest absolute Gasteiger partial charge is 0.289 e. The minimum Gasteiger partial charge on any atom is -0.289 e. The summed E-state index contributed by atoms with van der Waals surface area (Å²) in [6, 6.07) is 9.43. The van der Waals surface area contributed by atoms with Crippen LogP contribution in [0.3, 0.4) is 0 Å². The Morgan fingerprint density at radius 1 is 0.950 bits per heavy atom. The van der Waals surface area contributed by atoms with E-state index in [1.54, 1.807) is 6.07 Å². The first-order chi connectivity index (χ1) is 9.29. The lowest BCUT2D eigenvalue weighted by molar-refractivity contribution is -0.137. The van der Waals surface area contributed by atoms with Crippen molar-refractivity contribution in [3.05, 3.63) is 68.1 Å². The molecule has 0 N–H and O–H groups in total. The molecule has 0 saturated heterocycles. The molecule has 2 rings (SSSR count). The number of hydrogen-bond acceptors (Lipinski definition) is 1. The highest BCUT2D eigenvalue weighted by molar-refractivity contribution is 9.11. The third-order valence-electron chi connectivity index (χ3n) is 2.60. The molecule has 0 amide bonds. The number of rotatable bonds is 2. The molecule has 0 bridgehead atoms. The molecule has 104 valence electrons. The van der Waals surface area contributed by atoms with Crippen LogP contribution in [0.2, 0.25) is 0 Å². The van der Waals surface area contributed by atoms with Gasteiger partial charge in [-0.3, -0.25) is 4.79 Å². The van der Waals surface area contributed by atoms with Gasteiger partial charge in [0.2, 0.25) is 0 Å². The van der Waals surface area contributed by atoms with Crippen LogP contribution in [0.5, 0.6) is 0 Å². The highest BCUT2D eigenvalue weighted by Crippen LogP contribution is 2.33. The maximum atomic E-state index is 12.9. The van der Waals surface area contributed by atoms with Gasteiger partial charge in [-0.25, -0.2) is 0 Å². The quantitative estimate of drug-likeness (QED) is 0.604. The van der Waals surface area contributed by atoms with Gasteiger partial charge in [0.25, 0.3) is 0 Å². The van der Waals surface area contributed by atoms with E-state index in [2.05, 4.69) is 31.9 Å². The molecule has 6 heteroatoms. The van der Waals surface area contributed by atoms with E-state index in [1.165, 1.54) is 30.3 Å². The molecule has 0 atom stereocenters. The van der Waals surface area contributed by atoms with E-state index in [-0.39, 0.29) is 11.1 Å². The fourth-order valence-corrected chi connectivity index (χ4v) is 3.06. The van der Waals surface area contributed by atoms with Crippen molar-refractivity contribution in [2.24, 2.45) is 0 Å². The molecule has 20 heavy (non-hydrogen) atoms. The third kappa shape index (κ3) is 3.30. The van der Waals surface area contributed by atoms with Gasteiger partial charge in [0.05, 0.1) is 5.56 Å². The zero-order valence-electron chi connectivity index (χ0n) is 9.84. The molecule has 0 spiro atoms. The van der Waals surface area contributed by atoms with Crippen LogP contribution in [0.15, 0.2) is 51.4 Å². The second kappa shape index (κ2) is 5.69. The van der Waals surface area contributed by atoms with Crippen LogP contribution in [0.1, 0.15) is 21.5 Å². The fraction of sp³-hybridized carbons (Fsp3) is 0.0714. The van der Waals surface area contributed by atoms with Crippen LogP contribution < -0.4 is 0 Å². The average molecular weight is 408 g/mol. The normalized spacial score (nSPS) is 11.4. The van der Waals surface area contributed by atoms with E-state index in [0.717, 1.165) is 6.07 Å². The average Bonchev–Trinajstić information content (AvgIpc) is 2.35. The SMILES string of the molecule is O=C(c1cc(Br)cc(Br)c1)c1ccccc1C(F)(F)F. The van der Waals surface area contributed by atoms with Gasteiger partial charge in [-0.15, -0.1) is 0 Å². The second-order valence-electron chi connectivity index (χ2n) is 4.03. The summed E-state index contributed by atoms with van der Waals surface area (Å²) in [5.41, 5.74) is -1.10. The van der Waals surface area contributed by atoms with E-state index < -0.39 is 17.5 Å². The first-order valence-corrected chi connectivity index (χ1v) is 7.04. The molecule has 0 unspecified atom stereocenters. The van der Waals surface area contributed by atoms with Crippen molar-refractivity contribution in [1.29, 1.82) is 0 Å². The largest absolute Gasteiger partial charge is 0.417 e. The Balaban J connectivity index is 2.54. The predicted molar refractivity (Wildman–Crippen MR) is 76.7 cm³/mol. The lowest BCUT2D eigenvalue weighted by Gasteiger charge is -2.12. The zero-order valence-corrected chi connectivity index (χ0v) is 13.0. The van der Waals surface area contributed by atoms with Crippen molar-refractivity contribution in [3.8, 4) is 0 Å². The molecular weight excluding hydrogens is 401 g/mol. The van der Waals surface area contributed by atoms with E-state index in [0.29, 0.717) is 8.95 Å². The molecule has 0 radical (unpaired) electrons. The summed E-state index contributed by atoms with van der Waals surface area (Å²) < 4.78 is 40.0. The molecule has 0 aliphatic heterocycles. The van der Waals surface area contributed by atoms with Gasteiger partial charge in [-0.05, 0) is 24.3 Å². The number of ketones is 1. The van der Waals surface area contributed by atoms with Crippen molar-refractivity contribution in [1.82, 2.24) is 0 Å². The number of carbonyl (C=O) groups excluding carboxylic acids is 1. The van der Waals surface area contributed by atoms with Gasteiger partial charge in [0, 0.05) is 20.1 Å². The van der Waals surface area contributed by atoms with Crippen molar-refractivity contribution in [3.63, 3.8) is 0 Å². The standard InChI is InChI=1S/C14H7Br2F3O/c15-9-5-8(6-10(16)7-9)13(20)11-3-1-2-4-12(11)14(17,18)19/h1-7H. The Bertz CT molecular complexity index is 645. The lowest BCUT2D eigenvalue weighted by Crippen LogP contribution is -2.13. The first kappa shape index (κ1) is 15.3. The maximum absolute atomic E-state index is 12.9. The molecular formula is C14H7Br2F3O. The lowest BCUT2D eigenvalue weighted by atomic mass is 9.98. The highest BCUT2D eigenvalue weighted by Gasteiger charge is 2.35. The van der Waals surface area contributed by atoms with Crippen molar-refractivity contribution >= 4 is 37.6 Å². The zero-order chi connectivity index (χ0) is 14.9. The third-order valence-corrected chi connectivity index (χ3v) is 3.52. The van der Waals surface area contributed by atoms with Crippen LogP contribution in [0.4, 0.5) is 13.2 Å². The number of hydrogen-bond donors (Lipinski definition) is 0. The second-order valence-corrected chi connectivity index (χ2v) is 5.86. The van der Waals surface area contributed by atoms with Gasteiger partial charge in [0.15, 0.2) is 5.78 Å². The minimum absolute atomic E-state index is 0.183. The van der Waals surface area contributed by atoms with Gasteiger partial charge >= 0.3 is 6.18 Å². The van der Waals surface area contributed by atoms with E-state index in [9.17, 15) is 18.0 Å². The molecule has 1 nitrogen and oxygen atoms in total. The summed E-state index contributed by atoms with van der Waals surface area (Å²) in [5, 5.41) is 0. The van der Waals surface area contributed by atoms with Gasteiger partial charge < -0.3 is 0 Å². The molecule has 0 aliphatic carbocycles. The molecule has 0 aliphatic rings. The fourth-order valence-electron chi connectivity index (χ4n) is 1.77. The molecule has 0 aromatic heterocycles. The van der Waals surface area contributed by atoms with Crippen LogP contribution in [-0.4, -0.2) is 5.78 Å². The van der Waals surface area contributed by atoms with Crippen molar-refractivity contribution < 1.29 is 18.0 Å². The molecule has 2 aromatic rings. The number of benzene rings is 2. The summed E-state index contributed by atoms with van der Waals surface area (Å²) in [6.07, 6.45) is -4.56. The first-order valence-electron chi connectivity index (χ1n) is 5.46. The van der Waals surface area contributed by atoms with E-state index in [4.69, 9.17) is 0 Å². The minimum atomic E-state index is -4.56. The summed E-state index contributed by atoms with van der Waals surface area (Å²) in [6.45, 7) is 0. The van der Waals surface area contributed by atoms with Crippen molar-refractivity contribution in [2.75, 3.05) is 0 Å². The monoisotopic (exact) mass is 406 g/mol. The molecule has 0 heterocycles. The van der Waals surface area contributed by atoms with Crippen LogP contribution in [0.25, 0.3) is 0 Å². The molecule has 2 aromatic carbocycles. The van der Waals surface area contributed by atoms with Gasteiger partial charge in [-0.1, -0.05) is 50.1 Å². The summed E-state index contributed by atoms with van der Waals surface area (Å²) in [5.74, 6) is -0.667. The summed E-state index contributed by atoms with van der Waals surface area (Å²) in [7, 11) is 0. The number of halogens is 5. The van der Waals surface area contributed by atoms with Crippen LogP contribution >= 0.6 is 31.9 Å². The summed E-state index contributed by atoms with van der Waals surface area (Å²) in [4.78, 5) is 12.3. The van der Waals surface area contributed by atoms with E-state index >= 15 is 0 Å². The molecule has 0 fully saturated rings.